The fraction of sp³-hybridized carbons (Fsp3) is 0.375. The van der Waals surface area contributed by atoms with E-state index in [4.69, 9.17) is 9.47 Å². The number of unbranched alkanes of at least 4 members (excludes halogenated alkanes) is 1. The van der Waals surface area contributed by atoms with Crippen LogP contribution in [0.25, 0.3) is 6.08 Å². The highest BCUT2D eigenvalue weighted by Crippen LogP contribution is 2.29. The van der Waals surface area contributed by atoms with E-state index >= 15 is 0 Å². The number of nitrogens with one attached hydrogen (secondary N) is 1. The fourth-order valence-corrected chi connectivity index (χ4v) is 3.06. The van der Waals surface area contributed by atoms with Crippen LogP contribution >= 0.6 is 0 Å². The van der Waals surface area contributed by atoms with E-state index < -0.39 is 0 Å². The highest BCUT2D eigenvalue weighted by molar-refractivity contribution is 6.02. The molecule has 150 valence electrons. The zero-order chi connectivity index (χ0) is 20.5. The number of amides is 1. The second-order valence-corrected chi connectivity index (χ2v) is 6.94. The lowest BCUT2D eigenvalue weighted by atomic mass is 10.1. The van der Waals surface area contributed by atoms with Gasteiger partial charge in [0.05, 0.1) is 13.2 Å². The Morgan fingerprint density at radius 2 is 1.71 bits per heavy atom. The predicted octanol–water partition coefficient (Wildman–Crippen LogP) is 5.84. The summed E-state index contributed by atoms with van der Waals surface area (Å²) >= 11 is 0. The van der Waals surface area contributed by atoms with Crippen molar-refractivity contribution in [3.63, 3.8) is 0 Å². The molecule has 2 aromatic rings. The van der Waals surface area contributed by atoms with Crippen molar-refractivity contribution in [2.45, 2.75) is 47.5 Å². The first-order valence-electron chi connectivity index (χ1n) is 9.91. The first kappa shape index (κ1) is 21.5. The summed E-state index contributed by atoms with van der Waals surface area (Å²) in [6.45, 7) is 11.4. The van der Waals surface area contributed by atoms with Crippen molar-refractivity contribution in [1.29, 1.82) is 0 Å². The molecular formula is C24H31NO3. The minimum atomic E-state index is -0.156. The zero-order valence-electron chi connectivity index (χ0n) is 17.6. The van der Waals surface area contributed by atoms with Gasteiger partial charge in [0.2, 0.25) is 5.91 Å². The summed E-state index contributed by atoms with van der Waals surface area (Å²) in [4.78, 5) is 12.4. The minimum absolute atomic E-state index is 0.156. The quantitative estimate of drug-likeness (QED) is 0.438. The summed E-state index contributed by atoms with van der Waals surface area (Å²) in [5.74, 6) is 1.28. The largest absolute Gasteiger partial charge is 0.490 e. The van der Waals surface area contributed by atoms with Crippen molar-refractivity contribution in [2.75, 3.05) is 18.5 Å². The van der Waals surface area contributed by atoms with E-state index in [9.17, 15) is 4.79 Å². The minimum Gasteiger partial charge on any atom is -0.490 e. The Kier molecular flexibility index (Phi) is 8.12. The van der Waals surface area contributed by atoms with Crippen LogP contribution < -0.4 is 14.8 Å². The Balaban J connectivity index is 2.10. The average Bonchev–Trinajstić information content (AvgIpc) is 2.65. The monoisotopic (exact) mass is 381 g/mol. The van der Waals surface area contributed by atoms with Crippen LogP contribution in [0.3, 0.4) is 0 Å². The van der Waals surface area contributed by atoms with E-state index in [0.717, 1.165) is 41.0 Å². The van der Waals surface area contributed by atoms with Crippen molar-refractivity contribution < 1.29 is 14.3 Å². The van der Waals surface area contributed by atoms with Crippen molar-refractivity contribution in [3.8, 4) is 11.5 Å². The second kappa shape index (κ2) is 10.5. The van der Waals surface area contributed by atoms with Gasteiger partial charge in [-0.15, -0.1) is 0 Å². The molecule has 0 aromatic heterocycles. The molecule has 0 aliphatic rings. The van der Waals surface area contributed by atoms with E-state index in [1.165, 1.54) is 5.56 Å². The van der Waals surface area contributed by atoms with Crippen LogP contribution in [0, 0.1) is 20.8 Å². The SMILES string of the molecule is CCCCOc1ccc(/C=C/C(=O)Nc2c(C)cc(C)cc2C)cc1OCC. The normalized spacial score (nSPS) is 10.9. The molecule has 0 fully saturated rings. The van der Waals surface area contributed by atoms with Crippen LogP contribution in [0.5, 0.6) is 11.5 Å². The first-order chi connectivity index (χ1) is 13.4. The Hall–Kier alpha value is -2.75. The summed E-state index contributed by atoms with van der Waals surface area (Å²) < 4.78 is 11.5. The molecule has 2 aromatic carbocycles. The highest BCUT2D eigenvalue weighted by atomic mass is 16.5. The number of carbonyl (C=O) groups excluding carboxylic acids is 1. The van der Waals surface area contributed by atoms with Crippen molar-refractivity contribution >= 4 is 17.7 Å². The molecule has 4 heteroatoms. The van der Waals surface area contributed by atoms with Crippen LogP contribution in [-0.2, 0) is 4.79 Å². The summed E-state index contributed by atoms with van der Waals surface area (Å²) in [6, 6.07) is 9.86. The van der Waals surface area contributed by atoms with Gasteiger partial charge in [-0.3, -0.25) is 4.79 Å². The Morgan fingerprint density at radius 3 is 2.36 bits per heavy atom. The molecule has 0 aliphatic heterocycles. The second-order valence-electron chi connectivity index (χ2n) is 6.94. The van der Waals surface area contributed by atoms with Gasteiger partial charge in [0.15, 0.2) is 11.5 Å². The third kappa shape index (κ3) is 6.15. The molecule has 0 radical (unpaired) electrons. The number of anilines is 1. The van der Waals surface area contributed by atoms with Crippen LogP contribution in [0.1, 0.15) is 48.9 Å². The van der Waals surface area contributed by atoms with Gasteiger partial charge in [0.25, 0.3) is 0 Å². The van der Waals surface area contributed by atoms with Gasteiger partial charge in [-0.25, -0.2) is 0 Å². The Morgan fingerprint density at radius 1 is 1.00 bits per heavy atom. The fourth-order valence-electron chi connectivity index (χ4n) is 3.06. The molecule has 0 saturated carbocycles. The maximum absolute atomic E-state index is 12.4. The molecule has 0 aliphatic carbocycles. The van der Waals surface area contributed by atoms with E-state index in [-0.39, 0.29) is 5.91 Å². The van der Waals surface area contributed by atoms with E-state index in [0.29, 0.717) is 19.0 Å². The lowest BCUT2D eigenvalue weighted by Gasteiger charge is -2.12. The van der Waals surface area contributed by atoms with Gasteiger partial charge in [-0.1, -0.05) is 37.1 Å². The van der Waals surface area contributed by atoms with Gasteiger partial charge < -0.3 is 14.8 Å². The average molecular weight is 382 g/mol. The molecule has 0 heterocycles. The lowest BCUT2D eigenvalue weighted by Crippen LogP contribution is -2.10. The van der Waals surface area contributed by atoms with Crippen molar-refractivity contribution in [2.24, 2.45) is 0 Å². The third-order valence-electron chi connectivity index (χ3n) is 4.38. The summed E-state index contributed by atoms with van der Waals surface area (Å²) in [6.07, 6.45) is 5.42. The number of hydrogen-bond acceptors (Lipinski definition) is 3. The number of rotatable bonds is 9. The van der Waals surface area contributed by atoms with Gasteiger partial charge in [-0.2, -0.15) is 0 Å². The highest BCUT2D eigenvalue weighted by Gasteiger charge is 2.08. The summed E-state index contributed by atoms with van der Waals surface area (Å²) in [5.41, 5.74) is 5.07. The topological polar surface area (TPSA) is 47.6 Å². The van der Waals surface area contributed by atoms with Gasteiger partial charge in [-0.05, 0) is 69.0 Å². The van der Waals surface area contributed by atoms with E-state index in [1.807, 2.05) is 39.0 Å². The molecule has 4 nitrogen and oxygen atoms in total. The number of benzene rings is 2. The van der Waals surface area contributed by atoms with E-state index in [1.54, 1.807) is 12.2 Å². The Bertz CT molecular complexity index is 817. The van der Waals surface area contributed by atoms with Crippen LogP contribution in [0.2, 0.25) is 0 Å². The number of aryl methyl sites for hydroxylation is 3. The van der Waals surface area contributed by atoms with Gasteiger partial charge >= 0.3 is 0 Å². The molecule has 0 atom stereocenters. The van der Waals surface area contributed by atoms with Gasteiger partial charge in [0.1, 0.15) is 0 Å². The smallest absolute Gasteiger partial charge is 0.248 e. The first-order valence-corrected chi connectivity index (χ1v) is 9.91. The maximum atomic E-state index is 12.4. The summed E-state index contributed by atoms with van der Waals surface area (Å²) in [5, 5.41) is 2.98. The molecule has 1 N–H and O–H groups in total. The molecule has 0 spiro atoms. The predicted molar refractivity (Wildman–Crippen MR) is 116 cm³/mol. The maximum Gasteiger partial charge on any atom is 0.248 e. The zero-order valence-corrected chi connectivity index (χ0v) is 17.6. The molecular weight excluding hydrogens is 350 g/mol. The molecule has 28 heavy (non-hydrogen) atoms. The molecule has 0 saturated heterocycles. The molecule has 0 unspecified atom stereocenters. The molecule has 0 bridgehead atoms. The third-order valence-corrected chi connectivity index (χ3v) is 4.38. The number of ether oxygens (including phenoxy) is 2. The van der Waals surface area contributed by atoms with Crippen LogP contribution in [0.15, 0.2) is 36.4 Å². The van der Waals surface area contributed by atoms with E-state index in [2.05, 4.69) is 31.3 Å². The lowest BCUT2D eigenvalue weighted by molar-refractivity contribution is -0.111. The summed E-state index contributed by atoms with van der Waals surface area (Å²) in [7, 11) is 0. The molecule has 2 rings (SSSR count). The van der Waals surface area contributed by atoms with Gasteiger partial charge in [0, 0.05) is 11.8 Å². The Labute approximate surface area is 168 Å². The van der Waals surface area contributed by atoms with Crippen molar-refractivity contribution in [1.82, 2.24) is 0 Å². The van der Waals surface area contributed by atoms with Crippen LogP contribution in [-0.4, -0.2) is 19.1 Å². The van der Waals surface area contributed by atoms with Crippen LogP contribution in [0.4, 0.5) is 5.69 Å². The standard InChI is InChI=1S/C24H31NO3/c1-6-8-13-28-21-11-9-20(16-22(21)27-7-2)10-12-23(26)25-24-18(4)14-17(3)15-19(24)5/h9-12,14-16H,6-8,13H2,1-5H3,(H,25,26)/b12-10+. The molecule has 1 amide bonds. The van der Waals surface area contributed by atoms with Crippen molar-refractivity contribution in [3.05, 3.63) is 58.7 Å². The number of carbonyl (C=O) groups is 1. The number of hydrogen-bond donors (Lipinski definition) is 1.